The molecule has 4 unspecified atom stereocenters. The molecule has 3 nitrogen and oxygen atoms in total. The molecule has 1 aliphatic heterocycles. The molecule has 18 heavy (non-hydrogen) atoms. The fourth-order valence-electron chi connectivity index (χ4n) is 3.55. The van der Waals surface area contributed by atoms with Gasteiger partial charge in [0.1, 0.15) is 0 Å². The first-order valence-corrected chi connectivity index (χ1v) is 7.34. The van der Waals surface area contributed by atoms with Crippen LogP contribution in [0.25, 0.3) is 0 Å². The molecule has 108 valence electrons. The van der Waals surface area contributed by atoms with Crippen LogP contribution < -0.4 is 5.73 Å². The standard InChI is InChI=1S/C15H32N2O/c1-11(2)15(9-16,10-18-6)17-8-12(3)7-13(4)14(17)5/h11-14H,7-10,16H2,1-6H3. The molecule has 1 aliphatic rings. The van der Waals surface area contributed by atoms with Gasteiger partial charge in [-0.15, -0.1) is 0 Å². The minimum absolute atomic E-state index is 0.0168. The molecular weight excluding hydrogens is 224 g/mol. The van der Waals surface area contributed by atoms with Gasteiger partial charge < -0.3 is 10.5 Å². The molecule has 0 spiro atoms. The Balaban J connectivity index is 3.02. The molecule has 4 atom stereocenters. The highest BCUT2D eigenvalue weighted by Crippen LogP contribution is 2.35. The van der Waals surface area contributed by atoms with Crippen molar-refractivity contribution >= 4 is 0 Å². The van der Waals surface area contributed by atoms with Gasteiger partial charge in [-0.05, 0) is 31.1 Å². The fourth-order valence-corrected chi connectivity index (χ4v) is 3.55. The van der Waals surface area contributed by atoms with Crippen LogP contribution in [0.1, 0.15) is 41.0 Å². The second kappa shape index (κ2) is 6.36. The van der Waals surface area contributed by atoms with Crippen molar-refractivity contribution in [2.45, 2.75) is 52.6 Å². The van der Waals surface area contributed by atoms with Crippen LogP contribution in [0.4, 0.5) is 0 Å². The second-order valence-electron chi connectivity index (χ2n) is 6.61. The molecule has 0 radical (unpaired) electrons. The van der Waals surface area contributed by atoms with E-state index in [4.69, 9.17) is 10.5 Å². The summed E-state index contributed by atoms with van der Waals surface area (Å²) < 4.78 is 5.51. The molecule has 1 rings (SSSR count). The minimum Gasteiger partial charge on any atom is -0.383 e. The van der Waals surface area contributed by atoms with Gasteiger partial charge in [0.05, 0.1) is 12.1 Å². The Kier molecular flexibility index (Phi) is 5.63. The van der Waals surface area contributed by atoms with Crippen molar-refractivity contribution in [1.29, 1.82) is 0 Å². The van der Waals surface area contributed by atoms with Gasteiger partial charge >= 0.3 is 0 Å². The summed E-state index contributed by atoms with van der Waals surface area (Å²) in [6, 6.07) is 0.585. The van der Waals surface area contributed by atoms with Crippen molar-refractivity contribution in [2.24, 2.45) is 23.5 Å². The van der Waals surface area contributed by atoms with Gasteiger partial charge in [-0.1, -0.05) is 27.7 Å². The van der Waals surface area contributed by atoms with Crippen molar-refractivity contribution in [1.82, 2.24) is 4.90 Å². The van der Waals surface area contributed by atoms with E-state index >= 15 is 0 Å². The summed E-state index contributed by atoms with van der Waals surface area (Å²) in [6.07, 6.45) is 1.32. The van der Waals surface area contributed by atoms with Crippen LogP contribution >= 0.6 is 0 Å². The Hall–Kier alpha value is -0.120. The van der Waals surface area contributed by atoms with E-state index < -0.39 is 0 Å². The summed E-state index contributed by atoms with van der Waals surface area (Å²) in [5.41, 5.74) is 6.14. The van der Waals surface area contributed by atoms with Gasteiger partial charge in [0, 0.05) is 26.2 Å². The van der Waals surface area contributed by atoms with Crippen molar-refractivity contribution in [3.63, 3.8) is 0 Å². The van der Waals surface area contributed by atoms with Gasteiger partial charge in [0.25, 0.3) is 0 Å². The predicted molar refractivity (Wildman–Crippen MR) is 77.6 cm³/mol. The highest BCUT2D eigenvalue weighted by atomic mass is 16.5. The van der Waals surface area contributed by atoms with Crippen molar-refractivity contribution in [2.75, 3.05) is 26.8 Å². The largest absolute Gasteiger partial charge is 0.383 e. The summed E-state index contributed by atoms with van der Waals surface area (Å²) in [5, 5.41) is 0. The monoisotopic (exact) mass is 256 g/mol. The lowest BCUT2D eigenvalue weighted by molar-refractivity contribution is -0.0754. The van der Waals surface area contributed by atoms with Crippen LogP contribution in [0, 0.1) is 17.8 Å². The fraction of sp³-hybridized carbons (Fsp3) is 1.00. The Labute approximate surface area is 113 Å². The maximum atomic E-state index is 6.16. The summed E-state index contributed by atoms with van der Waals surface area (Å²) in [5.74, 6) is 1.98. The van der Waals surface area contributed by atoms with Gasteiger partial charge in [-0.3, -0.25) is 4.90 Å². The summed E-state index contributed by atoms with van der Waals surface area (Å²) >= 11 is 0. The third kappa shape index (κ3) is 2.89. The zero-order chi connectivity index (χ0) is 13.9. The quantitative estimate of drug-likeness (QED) is 0.820. The zero-order valence-electron chi connectivity index (χ0n) is 13.1. The summed E-state index contributed by atoms with van der Waals surface area (Å²) in [6.45, 7) is 14.1. The molecule has 1 fully saturated rings. The molecule has 0 bridgehead atoms. The first-order chi connectivity index (χ1) is 8.39. The number of methoxy groups -OCH3 is 1. The van der Waals surface area contributed by atoms with E-state index in [0.29, 0.717) is 18.5 Å². The van der Waals surface area contributed by atoms with Gasteiger partial charge in [0.15, 0.2) is 0 Å². The van der Waals surface area contributed by atoms with Gasteiger partial charge in [-0.25, -0.2) is 0 Å². The number of piperidine rings is 1. The van der Waals surface area contributed by atoms with E-state index in [1.54, 1.807) is 7.11 Å². The van der Waals surface area contributed by atoms with Crippen LogP contribution in [-0.2, 0) is 4.74 Å². The van der Waals surface area contributed by atoms with Crippen molar-refractivity contribution < 1.29 is 4.74 Å². The normalized spacial score (nSPS) is 33.7. The van der Waals surface area contributed by atoms with E-state index in [2.05, 4.69) is 39.5 Å². The molecule has 1 saturated heterocycles. The van der Waals surface area contributed by atoms with Gasteiger partial charge in [-0.2, -0.15) is 0 Å². The highest BCUT2D eigenvalue weighted by Gasteiger charge is 2.44. The topological polar surface area (TPSA) is 38.5 Å². The van der Waals surface area contributed by atoms with Crippen LogP contribution in [0.2, 0.25) is 0 Å². The number of hydrogen-bond acceptors (Lipinski definition) is 3. The maximum absolute atomic E-state index is 6.16. The number of likely N-dealkylation sites (tertiary alicyclic amines) is 1. The third-order valence-corrected chi connectivity index (χ3v) is 4.99. The first-order valence-electron chi connectivity index (χ1n) is 7.34. The molecule has 0 amide bonds. The van der Waals surface area contributed by atoms with E-state index in [0.717, 1.165) is 25.0 Å². The molecule has 0 saturated carbocycles. The van der Waals surface area contributed by atoms with E-state index in [-0.39, 0.29) is 5.54 Å². The maximum Gasteiger partial charge on any atom is 0.0661 e. The molecule has 0 aromatic carbocycles. The molecule has 0 aromatic rings. The van der Waals surface area contributed by atoms with Gasteiger partial charge in [0.2, 0.25) is 0 Å². The highest BCUT2D eigenvalue weighted by molar-refractivity contribution is 5.00. The predicted octanol–water partition coefficient (Wildman–Crippen LogP) is 2.35. The molecular formula is C15H32N2O. The van der Waals surface area contributed by atoms with Crippen LogP contribution in [0.15, 0.2) is 0 Å². The van der Waals surface area contributed by atoms with E-state index in [1.165, 1.54) is 6.42 Å². The summed E-state index contributed by atoms with van der Waals surface area (Å²) in [4.78, 5) is 2.62. The number of nitrogens with zero attached hydrogens (tertiary/aromatic N) is 1. The lowest BCUT2D eigenvalue weighted by atomic mass is 9.77. The second-order valence-corrected chi connectivity index (χ2v) is 6.61. The number of hydrogen-bond donors (Lipinski definition) is 1. The Morgan fingerprint density at radius 3 is 2.39 bits per heavy atom. The number of rotatable bonds is 5. The minimum atomic E-state index is -0.0168. The molecule has 0 aromatic heterocycles. The number of ether oxygens (including phenoxy) is 1. The zero-order valence-corrected chi connectivity index (χ0v) is 13.1. The number of nitrogens with two attached hydrogens (primary N) is 1. The molecule has 1 heterocycles. The van der Waals surface area contributed by atoms with E-state index in [1.807, 2.05) is 0 Å². The molecule has 3 heteroatoms. The van der Waals surface area contributed by atoms with Crippen LogP contribution in [-0.4, -0.2) is 43.3 Å². The van der Waals surface area contributed by atoms with E-state index in [9.17, 15) is 0 Å². The lowest BCUT2D eigenvalue weighted by Crippen LogP contribution is -2.66. The SMILES string of the molecule is COCC(CN)(C(C)C)N1CC(C)CC(C)C1C. The van der Waals surface area contributed by atoms with Crippen molar-refractivity contribution in [3.8, 4) is 0 Å². The third-order valence-electron chi connectivity index (χ3n) is 4.99. The molecule has 2 N–H and O–H groups in total. The van der Waals surface area contributed by atoms with Crippen LogP contribution in [0.3, 0.4) is 0 Å². The Morgan fingerprint density at radius 2 is 1.94 bits per heavy atom. The van der Waals surface area contributed by atoms with Crippen LogP contribution in [0.5, 0.6) is 0 Å². The Morgan fingerprint density at radius 1 is 1.33 bits per heavy atom. The first kappa shape index (κ1) is 15.9. The molecule has 0 aliphatic carbocycles. The Bertz CT molecular complexity index is 257. The average Bonchev–Trinajstić information content (AvgIpc) is 2.30. The smallest absolute Gasteiger partial charge is 0.0661 e. The lowest BCUT2D eigenvalue weighted by Gasteiger charge is -2.54. The van der Waals surface area contributed by atoms with Crippen molar-refractivity contribution in [3.05, 3.63) is 0 Å². The average molecular weight is 256 g/mol. The summed E-state index contributed by atoms with van der Waals surface area (Å²) in [7, 11) is 1.79.